The lowest BCUT2D eigenvalue weighted by atomic mass is 10.0. The molecular weight excluding hydrogens is 1260 g/mol. The molecule has 1 aromatic carbocycles. The van der Waals surface area contributed by atoms with E-state index in [-0.39, 0.29) is 72.3 Å². The molecule has 480 valence electrons. The van der Waals surface area contributed by atoms with E-state index in [1.807, 2.05) is 0 Å². The van der Waals surface area contributed by atoms with Crippen molar-refractivity contribution in [2.75, 3.05) is 43.1 Å². The molecule has 4 aromatic heterocycles. The Balaban J connectivity index is 0.860. The van der Waals surface area contributed by atoms with Gasteiger partial charge in [0.05, 0.1) is 25.9 Å². The van der Waals surface area contributed by atoms with Gasteiger partial charge in [-0.05, 0) is 49.3 Å². The highest BCUT2D eigenvalue weighted by Gasteiger charge is 2.54. The number of imide groups is 1. The molecule has 0 bridgehead atoms. The number of aliphatic hydroxyl groups is 1. The number of amides is 8. The Kier molecular flexibility index (Phi) is 20.6. The number of nitrogens with two attached hydrogens (primary N) is 3. The van der Waals surface area contributed by atoms with Crippen molar-refractivity contribution in [2.45, 2.75) is 120 Å². The van der Waals surface area contributed by atoms with Crippen molar-refractivity contribution >= 4 is 120 Å². The summed E-state index contributed by atoms with van der Waals surface area (Å²) in [5.74, 6) is -3.57. The van der Waals surface area contributed by atoms with Crippen molar-refractivity contribution in [3.8, 4) is 0 Å². The first-order chi connectivity index (χ1) is 42.2. The van der Waals surface area contributed by atoms with Gasteiger partial charge in [0.1, 0.15) is 55.3 Å². The Morgan fingerprint density at radius 1 is 0.787 bits per heavy atom. The molecule has 8 amide bonds. The van der Waals surface area contributed by atoms with E-state index in [2.05, 4.69) is 81.0 Å². The zero-order valence-electron chi connectivity index (χ0n) is 47.2. The van der Waals surface area contributed by atoms with Crippen molar-refractivity contribution in [3.05, 3.63) is 75.3 Å². The van der Waals surface area contributed by atoms with Gasteiger partial charge in [-0.2, -0.15) is 9.97 Å². The summed E-state index contributed by atoms with van der Waals surface area (Å²) in [5, 5.41) is 24.8. The van der Waals surface area contributed by atoms with Crippen molar-refractivity contribution in [3.63, 3.8) is 0 Å². The van der Waals surface area contributed by atoms with E-state index in [9.17, 15) is 57.4 Å². The highest BCUT2D eigenvalue weighted by Crippen LogP contribution is 2.60. The summed E-state index contributed by atoms with van der Waals surface area (Å²) < 4.78 is 72.0. The number of benzene rings is 1. The SMILES string of the molecule is CC(C)C(NC(=O)CCCCCN1C(=O)C=CC1=O)C(=O)N[C@@H](CCCNC(N)=O)C(=O)Nc1ccc(COC(=O)NC2C3OP(=O)(S)OCC4OC(n5cnc6c(=O)[nH]c(N)nc65)C(O)C4OP(=O)(S)OCC3OC2n2cnc3c(=O)[nH]c(N)nc32)cc1. The number of thiol groups is 2. The van der Waals surface area contributed by atoms with Crippen LogP contribution < -0.4 is 54.9 Å². The molecule has 0 spiro atoms. The fourth-order valence-electron chi connectivity index (χ4n) is 10.0. The molecule has 0 radical (unpaired) electrons. The maximum Gasteiger partial charge on any atom is 0.407 e. The molecule has 9 rings (SSSR count). The van der Waals surface area contributed by atoms with Crippen LogP contribution in [0.5, 0.6) is 0 Å². The number of nitrogens with zero attached hydrogens (tertiary/aromatic N) is 7. The number of hydrogen-bond donors (Lipinski definition) is 13. The van der Waals surface area contributed by atoms with Crippen LogP contribution in [0.1, 0.15) is 70.4 Å². The molecule has 89 heavy (non-hydrogen) atoms. The zero-order valence-corrected chi connectivity index (χ0v) is 50.8. The number of primary amides is 1. The van der Waals surface area contributed by atoms with Gasteiger partial charge >= 0.3 is 25.7 Å². The van der Waals surface area contributed by atoms with Crippen LogP contribution in [0.2, 0.25) is 0 Å². The zero-order chi connectivity index (χ0) is 64.1. The van der Waals surface area contributed by atoms with Crippen LogP contribution in [0, 0.1) is 5.92 Å². The van der Waals surface area contributed by atoms with Crippen molar-refractivity contribution in [1.82, 2.24) is 65.2 Å². The molecule has 36 nitrogen and oxygen atoms in total. The minimum Gasteiger partial charge on any atom is -0.445 e. The number of urea groups is 1. The van der Waals surface area contributed by atoms with Gasteiger partial charge in [-0.3, -0.25) is 75.7 Å². The third-order valence-electron chi connectivity index (χ3n) is 14.3. The Hall–Kier alpha value is -7.77. The molecule has 3 saturated heterocycles. The van der Waals surface area contributed by atoms with E-state index >= 15 is 0 Å². The number of anilines is 3. The van der Waals surface area contributed by atoms with Gasteiger partial charge in [-0.15, -0.1) is 0 Å². The van der Waals surface area contributed by atoms with Crippen molar-refractivity contribution < 1.29 is 80.1 Å². The summed E-state index contributed by atoms with van der Waals surface area (Å²) in [6.45, 7) is -7.49. The van der Waals surface area contributed by atoms with E-state index in [0.717, 1.165) is 22.1 Å². The van der Waals surface area contributed by atoms with Crippen molar-refractivity contribution in [1.29, 1.82) is 0 Å². The minimum absolute atomic E-state index is 0.0259. The highest BCUT2D eigenvalue weighted by atomic mass is 32.7. The van der Waals surface area contributed by atoms with Crippen LogP contribution in [0.4, 0.5) is 27.2 Å². The van der Waals surface area contributed by atoms with E-state index in [4.69, 9.17) is 49.5 Å². The fraction of sp³-hybridized carbons (Fsp3) is 0.490. The van der Waals surface area contributed by atoms with Crippen LogP contribution in [-0.4, -0.2) is 166 Å². The van der Waals surface area contributed by atoms with Gasteiger partial charge in [0.25, 0.3) is 22.9 Å². The number of ether oxygens (including phenoxy) is 3. The molecule has 11 unspecified atom stereocenters. The van der Waals surface area contributed by atoms with Crippen LogP contribution in [0.15, 0.2) is 58.7 Å². The van der Waals surface area contributed by atoms with Gasteiger partial charge in [0, 0.05) is 37.3 Å². The lowest BCUT2D eigenvalue weighted by molar-refractivity contribution is -0.137. The van der Waals surface area contributed by atoms with E-state index in [1.54, 1.807) is 13.8 Å². The topological polar surface area (TPSA) is 507 Å². The van der Waals surface area contributed by atoms with Crippen LogP contribution in [0.3, 0.4) is 0 Å². The molecular formula is C49H63N17O19P2S2. The molecule has 4 aliphatic heterocycles. The largest absolute Gasteiger partial charge is 0.445 e. The first-order valence-electron chi connectivity index (χ1n) is 27.5. The second-order valence-corrected chi connectivity index (χ2v) is 26.8. The first-order valence-corrected chi connectivity index (χ1v) is 32.9. The summed E-state index contributed by atoms with van der Waals surface area (Å²) in [5.41, 5.74) is 15.4. The number of unbranched alkanes of at least 4 members (excludes halogenated alkanes) is 2. The number of H-pyrrole nitrogens is 2. The predicted molar refractivity (Wildman–Crippen MR) is 316 cm³/mol. The quantitative estimate of drug-likeness (QED) is 0.0203. The number of nitrogen functional groups attached to an aromatic ring is 2. The fourth-order valence-corrected chi connectivity index (χ4v) is 13.0. The average Bonchev–Trinajstić information content (AvgIpc) is 1.90. The number of nitrogens with one attached hydrogen (secondary N) is 7. The average molecular weight is 1320 g/mol. The number of hydrogen-bond acceptors (Lipinski definition) is 25. The van der Waals surface area contributed by atoms with E-state index < -0.39 is 153 Å². The molecule has 0 aliphatic carbocycles. The number of fused-ring (bicyclic) bond motifs is 4. The van der Waals surface area contributed by atoms with Crippen molar-refractivity contribution in [2.24, 2.45) is 11.7 Å². The van der Waals surface area contributed by atoms with E-state index in [1.165, 1.54) is 41.0 Å². The van der Waals surface area contributed by atoms with Gasteiger partial charge in [-0.25, -0.2) is 28.7 Å². The molecule has 40 heteroatoms. The number of alkyl carbamates (subject to hydrolysis) is 1. The third kappa shape index (κ3) is 16.0. The molecule has 3 fully saturated rings. The van der Waals surface area contributed by atoms with Gasteiger partial charge in [-0.1, -0.05) is 56.9 Å². The molecule has 5 aromatic rings. The second kappa shape index (κ2) is 28.0. The monoisotopic (exact) mass is 1320 g/mol. The number of aromatic nitrogens is 8. The summed E-state index contributed by atoms with van der Waals surface area (Å²) in [6, 6.07) is 1.43. The number of aromatic amines is 2. The standard InChI is InChI=1S/C49H63N17O19P2S2/c1-22(2)31(58-28(67)8-4-3-5-16-64-29(68)13-14-30(64)69)41(72)57-25(7-6-15-53-48(52)75)40(71)56-24-11-9-23(10-12-24)17-79-49(76)59-32-36-26(82-44(32)65-20-54-33-38(65)60-46(50)62-42(33)73)18-80-87(78,89)85-37-27(19-81-86(77,88)84-36)83-45(35(37)70)66-21-55-34-39(66)61-47(51)63-43(34)74/h9-14,20-22,25-27,31-32,35-37,44-45,70H,3-8,15-19H2,1-2H3,(H,56,71)(H,57,72)(H,58,67)(H,59,76)(H,77,88)(H,78,89)(H3,52,53,75)(H3,50,60,62,73)(H3,51,61,63,74)/t25-,26?,27?,31?,32?,35?,36?,37?,44?,45?,86?,87?/m0/s1. The lowest BCUT2D eigenvalue weighted by Crippen LogP contribution is -2.54. The molecule has 12 atom stereocenters. The lowest BCUT2D eigenvalue weighted by Gasteiger charge is -2.30. The Morgan fingerprint density at radius 2 is 1.36 bits per heavy atom. The Bertz CT molecular complexity index is 3760. The molecule has 4 aliphatic rings. The highest BCUT2D eigenvalue weighted by molar-refractivity contribution is 8.44. The maximum atomic E-state index is 14.3. The summed E-state index contributed by atoms with van der Waals surface area (Å²) in [7, 11) is 0. The summed E-state index contributed by atoms with van der Waals surface area (Å²) in [4.78, 5) is 137. The smallest absolute Gasteiger partial charge is 0.407 e. The third-order valence-corrected chi connectivity index (χ3v) is 17.6. The predicted octanol–water partition coefficient (Wildman–Crippen LogP) is 0.259. The van der Waals surface area contributed by atoms with Crippen LogP contribution in [-0.2, 0) is 72.0 Å². The van der Waals surface area contributed by atoms with E-state index in [0.29, 0.717) is 24.8 Å². The molecule has 8 heterocycles. The first kappa shape index (κ1) is 65.7. The number of aliphatic hydroxyl groups excluding tert-OH is 1. The minimum atomic E-state index is -4.67. The Morgan fingerprint density at radius 3 is 1.96 bits per heavy atom. The maximum absolute atomic E-state index is 14.3. The number of rotatable bonds is 21. The molecule has 14 N–H and O–H groups in total. The molecule has 0 saturated carbocycles. The number of imidazole rings is 2. The van der Waals surface area contributed by atoms with Gasteiger partial charge in [0.15, 0.2) is 34.8 Å². The van der Waals surface area contributed by atoms with Gasteiger partial charge in [0.2, 0.25) is 29.6 Å². The summed E-state index contributed by atoms with van der Waals surface area (Å²) in [6.07, 6.45) is -5.66. The van der Waals surface area contributed by atoms with Crippen LogP contribution >= 0.6 is 38.1 Å². The number of carbonyl (C=O) groups excluding carboxylic acids is 7. The van der Waals surface area contributed by atoms with Crippen LogP contribution in [0.25, 0.3) is 22.3 Å². The summed E-state index contributed by atoms with van der Waals surface area (Å²) >= 11 is 8.38. The normalized spacial score (nSPS) is 26.0. The second-order valence-electron chi connectivity index (χ2n) is 21.0. The van der Waals surface area contributed by atoms with Gasteiger partial charge < -0.3 is 63.1 Å². The Labute approximate surface area is 513 Å². The number of carbonyl (C=O) groups is 7.